The van der Waals surface area contributed by atoms with E-state index in [2.05, 4.69) is 33.0 Å². The van der Waals surface area contributed by atoms with Crippen LogP contribution < -0.4 is 10.1 Å². The van der Waals surface area contributed by atoms with Gasteiger partial charge in [-0.25, -0.2) is 0 Å². The van der Waals surface area contributed by atoms with Gasteiger partial charge in [-0.15, -0.1) is 0 Å². The minimum Gasteiger partial charge on any atom is -0.484 e. The lowest BCUT2D eigenvalue weighted by Crippen LogP contribution is -2.37. The fourth-order valence-electron chi connectivity index (χ4n) is 6.00. The van der Waals surface area contributed by atoms with Crippen LogP contribution in [0.25, 0.3) is 0 Å². The Bertz CT molecular complexity index is 1390. The SMILES string of the molecule is Cc1ccc(C)c(NC(=O)COc2cccc(C3C4=C(CC(C)(C)CC4=O)OC4=C3C(=O)CC(C)(C)C4)c2)c1. The smallest absolute Gasteiger partial charge is 0.262 e. The summed E-state index contributed by atoms with van der Waals surface area (Å²) in [5.74, 6) is 1.16. The maximum atomic E-state index is 13.5. The molecule has 5 rings (SSSR count). The van der Waals surface area contributed by atoms with E-state index < -0.39 is 5.92 Å². The molecular formula is C33H37NO5. The predicted molar refractivity (Wildman–Crippen MR) is 150 cm³/mol. The third kappa shape index (κ3) is 5.56. The molecule has 0 saturated heterocycles. The van der Waals surface area contributed by atoms with Gasteiger partial charge in [-0.2, -0.15) is 0 Å². The van der Waals surface area contributed by atoms with E-state index in [9.17, 15) is 14.4 Å². The summed E-state index contributed by atoms with van der Waals surface area (Å²) in [5, 5.41) is 2.92. The van der Waals surface area contributed by atoms with E-state index in [1.165, 1.54) is 0 Å². The molecule has 6 heteroatoms. The highest BCUT2D eigenvalue weighted by atomic mass is 16.5. The van der Waals surface area contributed by atoms with Crippen LogP contribution in [0.1, 0.15) is 76.0 Å². The maximum absolute atomic E-state index is 13.5. The van der Waals surface area contributed by atoms with Crippen molar-refractivity contribution < 1.29 is 23.9 Å². The van der Waals surface area contributed by atoms with Gasteiger partial charge < -0.3 is 14.8 Å². The molecule has 0 bridgehead atoms. The summed E-state index contributed by atoms with van der Waals surface area (Å²) in [4.78, 5) is 39.7. The predicted octanol–water partition coefficient (Wildman–Crippen LogP) is 6.72. The molecule has 0 radical (unpaired) electrons. The topological polar surface area (TPSA) is 81.7 Å². The van der Waals surface area contributed by atoms with E-state index >= 15 is 0 Å². The molecule has 2 aromatic rings. The van der Waals surface area contributed by atoms with Crippen LogP contribution in [0.2, 0.25) is 0 Å². The standard InChI is InChI=1S/C33H37NO5/c1-19-10-11-20(2)23(12-19)34-28(37)18-38-22-9-7-8-21(13-22)29-30-24(35)14-32(3,4)16-26(30)39-27-17-33(5,6)15-25(36)31(27)29/h7-13,29H,14-18H2,1-6H3,(H,34,37). The van der Waals surface area contributed by atoms with Crippen molar-refractivity contribution in [3.05, 3.63) is 81.8 Å². The van der Waals surface area contributed by atoms with Gasteiger partial charge in [-0.1, -0.05) is 52.0 Å². The van der Waals surface area contributed by atoms with E-state index in [0.29, 0.717) is 54.1 Å². The average Bonchev–Trinajstić information content (AvgIpc) is 2.82. The van der Waals surface area contributed by atoms with Crippen molar-refractivity contribution in [2.45, 2.75) is 73.1 Å². The molecule has 0 unspecified atom stereocenters. The summed E-state index contributed by atoms with van der Waals surface area (Å²) in [6.45, 7) is 12.1. The number of anilines is 1. The molecule has 0 saturated carbocycles. The van der Waals surface area contributed by atoms with Gasteiger partial charge in [0, 0.05) is 48.4 Å². The van der Waals surface area contributed by atoms with E-state index in [0.717, 1.165) is 22.4 Å². The minimum absolute atomic E-state index is 0.0228. The molecule has 3 aliphatic rings. The third-order valence-electron chi connectivity index (χ3n) is 7.81. The minimum atomic E-state index is -0.497. The summed E-state index contributed by atoms with van der Waals surface area (Å²) in [6.07, 6.45) is 2.10. The van der Waals surface area contributed by atoms with Crippen molar-refractivity contribution in [3.63, 3.8) is 0 Å². The van der Waals surface area contributed by atoms with Crippen molar-refractivity contribution in [2.24, 2.45) is 10.8 Å². The first-order valence-electron chi connectivity index (χ1n) is 13.6. The van der Waals surface area contributed by atoms with Gasteiger partial charge in [0.2, 0.25) is 0 Å². The van der Waals surface area contributed by atoms with Crippen LogP contribution in [-0.4, -0.2) is 24.1 Å². The second-order valence-electron chi connectivity index (χ2n) is 12.8. The molecule has 2 aliphatic carbocycles. The number of nitrogens with one attached hydrogen (secondary N) is 1. The van der Waals surface area contributed by atoms with Crippen LogP contribution in [0.15, 0.2) is 65.1 Å². The number of benzene rings is 2. The molecule has 1 N–H and O–H groups in total. The zero-order valence-corrected chi connectivity index (χ0v) is 23.7. The quantitative estimate of drug-likeness (QED) is 0.467. The lowest BCUT2D eigenvalue weighted by atomic mass is 9.65. The molecule has 0 spiro atoms. The highest BCUT2D eigenvalue weighted by molar-refractivity contribution is 6.06. The number of Topliss-reactive ketones (excluding diaryl/α,β-unsaturated/α-hetero) is 2. The average molecular weight is 528 g/mol. The first-order valence-corrected chi connectivity index (χ1v) is 13.6. The van der Waals surface area contributed by atoms with E-state index in [4.69, 9.17) is 9.47 Å². The number of carbonyl (C=O) groups excluding carboxylic acids is 3. The van der Waals surface area contributed by atoms with Crippen molar-refractivity contribution >= 4 is 23.2 Å². The first-order chi connectivity index (χ1) is 18.3. The Morgan fingerprint density at radius 1 is 0.897 bits per heavy atom. The summed E-state index contributed by atoms with van der Waals surface area (Å²) < 4.78 is 12.3. The van der Waals surface area contributed by atoms with Crippen LogP contribution >= 0.6 is 0 Å². The number of ketones is 2. The van der Waals surface area contributed by atoms with Crippen molar-refractivity contribution in [2.75, 3.05) is 11.9 Å². The van der Waals surface area contributed by atoms with Crippen LogP contribution in [0.3, 0.4) is 0 Å². The Morgan fingerprint density at radius 2 is 1.51 bits per heavy atom. The molecule has 0 aromatic heterocycles. The lowest BCUT2D eigenvalue weighted by Gasteiger charge is -2.42. The van der Waals surface area contributed by atoms with Gasteiger partial charge in [-0.05, 0) is 59.6 Å². The zero-order chi connectivity index (χ0) is 28.1. The summed E-state index contributed by atoms with van der Waals surface area (Å²) in [6, 6.07) is 13.3. The largest absolute Gasteiger partial charge is 0.484 e. The molecule has 2 aromatic carbocycles. The number of carbonyl (C=O) groups is 3. The monoisotopic (exact) mass is 527 g/mol. The van der Waals surface area contributed by atoms with Crippen molar-refractivity contribution in [3.8, 4) is 5.75 Å². The van der Waals surface area contributed by atoms with Gasteiger partial charge in [0.05, 0.1) is 0 Å². The highest BCUT2D eigenvalue weighted by Crippen LogP contribution is 2.53. The number of aryl methyl sites for hydroxylation is 2. The third-order valence-corrected chi connectivity index (χ3v) is 7.81. The zero-order valence-electron chi connectivity index (χ0n) is 23.7. The highest BCUT2D eigenvalue weighted by Gasteiger charge is 2.47. The molecule has 39 heavy (non-hydrogen) atoms. The number of amides is 1. The van der Waals surface area contributed by atoms with Gasteiger partial charge >= 0.3 is 0 Å². The molecule has 204 valence electrons. The van der Waals surface area contributed by atoms with Crippen LogP contribution in [0.5, 0.6) is 5.75 Å². The fourth-order valence-corrected chi connectivity index (χ4v) is 6.00. The number of ether oxygens (including phenoxy) is 2. The Morgan fingerprint density at radius 3 is 2.13 bits per heavy atom. The number of allylic oxidation sites excluding steroid dienone is 4. The molecule has 1 heterocycles. The van der Waals surface area contributed by atoms with Crippen LogP contribution in [0, 0.1) is 24.7 Å². The Balaban J connectivity index is 1.44. The Labute approximate surface area is 230 Å². The second kappa shape index (κ2) is 9.82. The summed E-state index contributed by atoms with van der Waals surface area (Å²) in [5.41, 5.74) is 4.36. The first kappa shape index (κ1) is 26.9. The fraction of sp³-hybridized carbons (Fsp3) is 0.424. The second-order valence-corrected chi connectivity index (χ2v) is 12.8. The van der Waals surface area contributed by atoms with Crippen LogP contribution in [-0.2, 0) is 19.1 Å². The van der Waals surface area contributed by atoms with Crippen molar-refractivity contribution in [1.82, 2.24) is 0 Å². The van der Waals surface area contributed by atoms with E-state index in [1.54, 1.807) is 6.07 Å². The van der Waals surface area contributed by atoms with Gasteiger partial charge in [0.25, 0.3) is 5.91 Å². The summed E-state index contributed by atoms with van der Waals surface area (Å²) in [7, 11) is 0. The maximum Gasteiger partial charge on any atom is 0.262 e. The van der Waals surface area contributed by atoms with Gasteiger partial charge in [0.15, 0.2) is 18.2 Å². The number of hydrogen-bond acceptors (Lipinski definition) is 5. The molecule has 0 atom stereocenters. The van der Waals surface area contributed by atoms with E-state index in [-0.39, 0.29) is 34.9 Å². The molecule has 6 nitrogen and oxygen atoms in total. The molecular weight excluding hydrogens is 490 g/mol. The Hall–Kier alpha value is -3.67. The normalized spacial score (nSPS) is 20.3. The number of rotatable bonds is 5. The van der Waals surface area contributed by atoms with Gasteiger partial charge in [-0.3, -0.25) is 14.4 Å². The van der Waals surface area contributed by atoms with Crippen LogP contribution in [0.4, 0.5) is 5.69 Å². The number of hydrogen-bond donors (Lipinski definition) is 1. The summed E-state index contributed by atoms with van der Waals surface area (Å²) >= 11 is 0. The Kier molecular flexibility index (Phi) is 6.78. The molecule has 1 amide bonds. The van der Waals surface area contributed by atoms with Gasteiger partial charge in [0.1, 0.15) is 17.3 Å². The lowest BCUT2D eigenvalue weighted by molar-refractivity contribution is -0.120. The van der Waals surface area contributed by atoms with E-state index in [1.807, 2.05) is 50.2 Å². The molecule has 1 aliphatic heterocycles. The van der Waals surface area contributed by atoms with Crippen molar-refractivity contribution in [1.29, 1.82) is 0 Å². The molecule has 0 fully saturated rings.